The predicted molar refractivity (Wildman–Crippen MR) is 129 cm³/mol. The summed E-state index contributed by atoms with van der Waals surface area (Å²) in [7, 11) is 0. The van der Waals surface area contributed by atoms with Crippen molar-refractivity contribution in [3.63, 3.8) is 0 Å². The summed E-state index contributed by atoms with van der Waals surface area (Å²) in [6.07, 6.45) is 3.28. The maximum atomic E-state index is 13.5. The van der Waals surface area contributed by atoms with E-state index in [1.54, 1.807) is 27.8 Å². The largest absolute Gasteiger partial charge is 0.331 e. The van der Waals surface area contributed by atoms with Crippen molar-refractivity contribution >= 4 is 17.6 Å². The smallest absolute Gasteiger partial charge is 0.245 e. The first kappa shape index (κ1) is 24.2. The molecule has 33 heavy (non-hydrogen) atoms. The van der Waals surface area contributed by atoms with Gasteiger partial charge in [-0.25, -0.2) is 9.07 Å². The summed E-state index contributed by atoms with van der Waals surface area (Å²) in [5, 5.41) is 7.53. The lowest BCUT2D eigenvalue weighted by atomic mass is 10.1. The van der Waals surface area contributed by atoms with E-state index >= 15 is 0 Å². The van der Waals surface area contributed by atoms with Crippen molar-refractivity contribution in [2.24, 2.45) is 0 Å². The molecule has 0 saturated carbocycles. The first-order chi connectivity index (χ1) is 15.9. The van der Waals surface area contributed by atoms with Gasteiger partial charge in [-0.3, -0.25) is 9.59 Å². The lowest BCUT2D eigenvalue weighted by molar-refractivity contribution is -0.136. The van der Waals surface area contributed by atoms with Crippen LogP contribution in [0.15, 0.2) is 60.7 Å². The number of halogens is 1. The van der Waals surface area contributed by atoms with Crippen molar-refractivity contribution < 1.29 is 14.0 Å². The first-order valence-corrected chi connectivity index (χ1v) is 11.4. The van der Waals surface area contributed by atoms with Gasteiger partial charge >= 0.3 is 0 Å². The maximum absolute atomic E-state index is 13.5. The molecular weight excluding hydrogens is 419 g/mol. The average molecular weight is 451 g/mol. The zero-order valence-corrected chi connectivity index (χ0v) is 19.4. The number of rotatable bonds is 10. The van der Waals surface area contributed by atoms with Gasteiger partial charge in [-0.1, -0.05) is 50.1 Å². The molecule has 7 heteroatoms. The zero-order valence-electron chi connectivity index (χ0n) is 19.4. The number of aromatic nitrogens is 2. The quantitative estimate of drug-likeness (QED) is 0.419. The van der Waals surface area contributed by atoms with Gasteiger partial charge in [0.05, 0.1) is 11.4 Å². The lowest BCUT2D eigenvalue weighted by Gasteiger charge is -2.26. The van der Waals surface area contributed by atoms with Gasteiger partial charge in [0.1, 0.15) is 18.2 Å². The van der Waals surface area contributed by atoms with Gasteiger partial charge in [0.25, 0.3) is 0 Å². The minimum atomic E-state index is -0.353. The van der Waals surface area contributed by atoms with Crippen molar-refractivity contribution in [2.45, 2.75) is 52.5 Å². The number of anilines is 1. The minimum absolute atomic E-state index is 0.0226. The van der Waals surface area contributed by atoms with Crippen LogP contribution in [0.3, 0.4) is 0 Å². The van der Waals surface area contributed by atoms with Crippen molar-refractivity contribution in [1.82, 2.24) is 14.7 Å². The molecule has 0 spiro atoms. The molecule has 1 N–H and O–H groups in total. The molecule has 3 rings (SSSR count). The number of nitrogens with zero attached hydrogens (tertiary/aromatic N) is 3. The Bertz CT molecular complexity index is 1060. The summed E-state index contributed by atoms with van der Waals surface area (Å²) >= 11 is 0. The molecule has 2 amide bonds. The minimum Gasteiger partial charge on any atom is -0.331 e. The maximum Gasteiger partial charge on any atom is 0.245 e. The molecule has 6 nitrogen and oxygen atoms in total. The Morgan fingerprint density at radius 1 is 1.06 bits per heavy atom. The van der Waals surface area contributed by atoms with Crippen LogP contribution in [0.2, 0.25) is 0 Å². The molecule has 0 fully saturated rings. The van der Waals surface area contributed by atoms with Crippen LogP contribution in [0.1, 0.15) is 46.5 Å². The van der Waals surface area contributed by atoms with Gasteiger partial charge in [0, 0.05) is 24.1 Å². The van der Waals surface area contributed by atoms with Crippen molar-refractivity contribution in [1.29, 1.82) is 0 Å². The molecule has 1 heterocycles. The molecule has 0 unspecified atom stereocenters. The van der Waals surface area contributed by atoms with E-state index in [0.29, 0.717) is 23.6 Å². The van der Waals surface area contributed by atoms with Crippen LogP contribution in [0.5, 0.6) is 0 Å². The van der Waals surface area contributed by atoms with Gasteiger partial charge in [-0.2, -0.15) is 5.10 Å². The van der Waals surface area contributed by atoms with Gasteiger partial charge in [-0.15, -0.1) is 0 Å². The van der Waals surface area contributed by atoms with Gasteiger partial charge in [0.2, 0.25) is 11.8 Å². The molecule has 3 aromatic rings. The third-order valence-corrected chi connectivity index (χ3v) is 5.37. The Morgan fingerprint density at radius 2 is 1.76 bits per heavy atom. The molecule has 0 aliphatic rings. The second-order valence-electron chi connectivity index (χ2n) is 8.29. The number of unbranched alkanes of at least 4 members (excludes halogenated alkanes) is 2. The van der Waals surface area contributed by atoms with Crippen LogP contribution < -0.4 is 5.32 Å². The number of amides is 2. The van der Waals surface area contributed by atoms with Crippen LogP contribution in [-0.2, 0) is 9.59 Å². The summed E-state index contributed by atoms with van der Waals surface area (Å²) in [5.74, 6) is -0.234. The molecule has 1 aromatic heterocycles. The fraction of sp³-hybridized carbons (Fsp3) is 0.346. The molecular formula is C26H31FN4O2. The van der Waals surface area contributed by atoms with E-state index in [2.05, 4.69) is 17.3 Å². The number of nitrogens with one attached hydrogen (secondary N) is 1. The highest BCUT2D eigenvalue weighted by Gasteiger charge is 2.21. The Labute approximate surface area is 194 Å². The number of hydrogen-bond donors (Lipinski definition) is 1. The summed E-state index contributed by atoms with van der Waals surface area (Å²) in [5.41, 5.74) is 2.18. The van der Waals surface area contributed by atoms with E-state index in [1.807, 2.05) is 44.2 Å². The van der Waals surface area contributed by atoms with E-state index < -0.39 is 0 Å². The van der Waals surface area contributed by atoms with Crippen molar-refractivity contribution in [3.05, 3.63) is 66.5 Å². The number of hydrogen-bond acceptors (Lipinski definition) is 3. The van der Waals surface area contributed by atoms with E-state index in [4.69, 9.17) is 0 Å². The molecule has 0 saturated heterocycles. The SMILES string of the molecule is CCCCCC(=O)N(CC(=O)Nc1cc(-c2ccccc2)nn1-c1ccc(F)cc1)C(C)C. The Kier molecular flexibility index (Phi) is 8.35. The Hall–Kier alpha value is -3.48. The highest BCUT2D eigenvalue weighted by atomic mass is 19.1. The zero-order chi connectivity index (χ0) is 23.8. The van der Waals surface area contributed by atoms with Crippen molar-refractivity contribution in [3.8, 4) is 16.9 Å². The van der Waals surface area contributed by atoms with Crippen LogP contribution in [0.25, 0.3) is 16.9 Å². The second kappa shape index (κ2) is 11.4. The standard InChI is InChI=1S/C26H31FN4O2/c1-4-5-7-12-26(33)30(19(2)3)18-25(32)28-24-17-23(20-10-8-6-9-11-20)29-31(24)22-15-13-21(27)14-16-22/h6,8-11,13-17,19H,4-5,7,12,18H2,1-3H3,(H,28,32). The van der Waals surface area contributed by atoms with Gasteiger partial charge in [-0.05, 0) is 44.5 Å². The monoisotopic (exact) mass is 450 g/mol. The van der Waals surface area contributed by atoms with Crippen LogP contribution in [0.4, 0.5) is 10.2 Å². The molecule has 174 valence electrons. The number of carbonyl (C=O) groups is 2. The number of carbonyl (C=O) groups excluding carboxylic acids is 2. The summed E-state index contributed by atoms with van der Waals surface area (Å²) in [6, 6.07) is 17.2. The lowest BCUT2D eigenvalue weighted by Crippen LogP contribution is -2.42. The Morgan fingerprint density at radius 3 is 2.39 bits per heavy atom. The molecule has 2 aromatic carbocycles. The molecule has 0 atom stereocenters. The van der Waals surface area contributed by atoms with Crippen LogP contribution in [-0.4, -0.2) is 39.1 Å². The van der Waals surface area contributed by atoms with Gasteiger partial charge in [0.15, 0.2) is 0 Å². The highest BCUT2D eigenvalue weighted by Crippen LogP contribution is 2.25. The average Bonchev–Trinajstić information content (AvgIpc) is 3.22. The third kappa shape index (κ3) is 6.51. The normalized spacial score (nSPS) is 10.9. The summed E-state index contributed by atoms with van der Waals surface area (Å²) in [4.78, 5) is 27.2. The first-order valence-electron chi connectivity index (χ1n) is 11.4. The third-order valence-electron chi connectivity index (χ3n) is 5.37. The topological polar surface area (TPSA) is 67.2 Å². The van der Waals surface area contributed by atoms with Crippen molar-refractivity contribution in [2.75, 3.05) is 11.9 Å². The second-order valence-corrected chi connectivity index (χ2v) is 8.29. The summed E-state index contributed by atoms with van der Waals surface area (Å²) in [6.45, 7) is 5.85. The molecule has 0 aliphatic carbocycles. The van der Waals surface area contributed by atoms with E-state index in [1.165, 1.54) is 12.1 Å². The molecule has 0 bridgehead atoms. The van der Waals surface area contributed by atoms with E-state index in [0.717, 1.165) is 24.8 Å². The van der Waals surface area contributed by atoms with E-state index in [-0.39, 0.29) is 30.2 Å². The molecule has 0 radical (unpaired) electrons. The fourth-order valence-corrected chi connectivity index (χ4v) is 3.56. The number of benzene rings is 2. The Balaban J connectivity index is 1.83. The van der Waals surface area contributed by atoms with Crippen LogP contribution in [0, 0.1) is 5.82 Å². The van der Waals surface area contributed by atoms with E-state index in [9.17, 15) is 14.0 Å². The van der Waals surface area contributed by atoms with Crippen LogP contribution >= 0.6 is 0 Å². The summed E-state index contributed by atoms with van der Waals surface area (Å²) < 4.78 is 15.0. The molecule has 0 aliphatic heterocycles. The predicted octanol–water partition coefficient (Wildman–Crippen LogP) is 5.43. The van der Waals surface area contributed by atoms with Gasteiger partial charge < -0.3 is 10.2 Å². The highest BCUT2D eigenvalue weighted by molar-refractivity contribution is 5.94. The fourth-order valence-electron chi connectivity index (χ4n) is 3.56.